The van der Waals surface area contributed by atoms with Crippen LogP contribution in [-0.4, -0.2) is 60.5 Å². The van der Waals surface area contributed by atoms with Gasteiger partial charge in [-0.2, -0.15) is 0 Å². The van der Waals surface area contributed by atoms with E-state index in [9.17, 15) is 4.79 Å². The van der Waals surface area contributed by atoms with Gasteiger partial charge in [0.05, 0.1) is 6.04 Å². The smallest absolute Gasteiger partial charge is 0.239 e. The standard InChI is InChI=1S/C14H27N3O/c1-12(2)16-8-10-17(11-9-16)14(18)13-6-4-3-5-7-15-13/h12-13,15H,3-11H2,1-2H3. The van der Waals surface area contributed by atoms with Crippen LogP contribution >= 0.6 is 0 Å². The van der Waals surface area contributed by atoms with E-state index < -0.39 is 0 Å². The van der Waals surface area contributed by atoms with E-state index in [0.717, 1.165) is 39.1 Å². The van der Waals surface area contributed by atoms with Crippen molar-refractivity contribution < 1.29 is 4.79 Å². The lowest BCUT2D eigenvalue weighted by Crippen LogP contribution is -2.55. The summed E-state index contributed by atoms with van der Waals surface area (Å²) in [7, 11) is 0. The maximum Gasteiger partial charge on any atom is 0.239 e. The molecule has 0 spiro atoms. The molecule has 2 heterocycles. The molecule has 104 valence electrons. The van der Waals surface area contributed by atoms with E-state index in [1.54, 1.807) is 0 Å². The summed E-state index contributed by atoms with van der Waals surface area (Å²) in [5, 5.41) is 3.41. The van der Waals surface area contributed by atoms with Crippen molar-refractivity contribution in [1.82, 2.24) is 15.1 Å². The predicted octanol–water partition coefficient (Wildman–Crippen LogP) is 1.07. The van der Waals surface area contributed by atoms with E-state index in [1.807, 2.05) is 0 Å². The number of nitrogens with zero attached hydrogens (tertiary/aromatic N) is 2. The summed E-state index contributed by atoms with van der Waals surface area (Å²) in [4.78, 5) is 16.9. The molecule has 0 aromatic heterocycles. The van der Waals surface area contributed by atoms with Gasteiger partial charge in [0.25, 0.3) is 0 Å². The molecule has 1 amide bonds. The summed E-state index contributed by atoms with van der Waals surface area (Å²) in [6.07, 6.45) is 4.68. The molecule has 4 heteroatoms. The average molecular weight is 253 g/mol. The van der Waals surface area contributed by atoms with Crippen LogP contribution in [0.3, 0.4) is 0 Å². The molecule has 0 aromatic carbocycles. The fourth-order valence-electron chi connectivity index (χ4n) is 2.92. The number of hydrogen-bond donors (Lipinski definition) is 1. The fourth-order valence-corrected chi connectivity index (χ4v) is 2.92. The van der Waals surface area contributed by atoms with Gasteiger partial charge >= 0.3 is 0 Å². The zero-order valence-corrected chi connectivity index (χ0v) is 11.8. The lowest BCUT2D eigenvalue weighted by atomic mass is 10.1. The third-order valence-corrected chi connectivity index (χ3v) is 4.21. The Labute approximate surface area is 111 Å². The van der Waals surface area contributed by atoms with Gasteiger partial charge in [-0.3, -0.25) is 9.69 Å². The largest absolute Gasteiger partial charge is 0.339 e. The first kappa shape index (κ1) is 13.8. The molecule has 18 heavy (non-hydrogen) atoms. The zero-order chi connectivity index (χ0) is 13.0. The molecule has 2 fully saturated rings. The highest BCUT2D eigenvalue weighted by molar-refractivity contribution is 5.82. The van der Waals surface area contributed by atoms with Crippen LogP contribution in [0.5, 0.6) is 0 Å². The van der Waals surface area contributed by atoms with E-state index in [1.165, 1.54) is 19.3 Å². The molecule has 0 bridgehead atoms. The minimum Gasteiger partial charge on any atom is -0.339 e. The zero-order valence-electron chi connectivity index (χ0n) is 11.8. The van der Waals surface area contributed by atoms with Crippen molar-refractivity contribution in [1.29, 1.82) is 0 Å². The third kappa shape index (κ3) is 3.45. The molecule has 1 atom stereocenters. The number of carbonyl (C=O) groups excluding carboxylic acids is 1. The van der Waals surface area contributed by atoms with Gasteiger partial charge in [-0.05, 0) is 33.2 Å². The second kappa shape index (κ2) is 6.53. The summed E-state index contributed by atoms with van der Waals surface area (Å²) in [5.41, 5.74) is 0. The molecule has 2 aliphatic rings. The highest BCUT2D eigenvalue weighted by Gasteiger charge is 2.28. The topological polar surface area (TPSA) is 35.6 Å². The van der Waals surface area contributed by atoms with E-state index in [0.29, 0.717) is 11.9 Å². The lowest BCUT2D eigenvalue weighted by Gasteiger charge is -2.38. The number of carbonyl (C=O) groups is 1. The SMILES string of the molecule is CC(C)N1CCN(C(=O)C2CCCCCN2)CC1. The Morgan fingerprint density at radius 2 is 1.83 bits per heavy atom. The molecule has 4 nitrogen and oxygen atoms in total. The van der Waals surface area contributed by atoms with Crippen LogP contribution in [0.2, 0.25) is 0 Å². The summed E-state index contributed by atoms with van der Waals surface area (Å²) in [6, 6.07) is 0.677. The van der Waals surface area contributed by atoms with E-state index >= 15 is 0 Å². The van der Waals surface area contributed by atoms with Crippen LogP contribution in [0.25, 0.3) is 0 Å². The molecule has 2 saturated heterocycles. The maximum atomic E-state index is 12.4. The van der Waals surface area contributed by atoms with E-state index in [4.69, 9.17) is 0 Å². The van der Waals surface area contributed by atoms with Gasteiger partial charge in [-0.25, -0.2) is 0 Å². The Balaban J connectivity index is 1.82. The molecule has 0 saturated carbocycles. The van der Waals surface area contributed by atoms with Crippen LogP contribution in [0, 0.1) is 0 Å². The molecule has 2 rings (SSSR count). The second-order valence-electron chi connectivity index (χ2n) is 5.81. The van der Waals surface area contributed by atoms with Crippen LogP contribution in [-0.2, 0) is 4.79 Å². The number of nitrogens with one attached hydrogen (secondary N) is 1. The highest BCUT2D eigenvalue weighted by Crippen LogP contribution is 2.13. The van der Waals surface area contributed by atoms with Crippen molar-refractivity contribution in [3.63, 3.8) is 0 Å². The summed E-state index contributed by atoms with van der Waals surface area (Å²) < 4.78 is 0. The molecule has 0 radical (unpaired) electrons. The van der Waals surface area contributed by atoms with Crippen LogP contribution in [0.4, 0.5) is 0 Å². The Morgan fingerprint density at radius 3 is 2.50 bits per heavy atom. The van der Waals surface area contributed by atoms with Crippen LogP contribution in [0.15, 0.2) is 0 Å². The van der Waals surface area contributed by atoms with Crippen molar-refractivity contribution in [2.24, 2.45) is 0 Å². The molecular weight excluding hydrogens is 226 g/mol. The first-order valence-corrected chi connectivity index (χ1v) is 7.44. The predicted molar refractivity (Wildman–Crippen MR) is 73.5 cm³/mol. The quantitative estimate of drug-likeness (QED) is 0.799. The maximum absolute atomic E-state index is 12.4. The van der Waals surface area contributed by atoms with Crippen molar-refractivity contribution in [2.75, 3.05) is 32.7 Å². The van der Waals surface area contributed by atoms with Gasteiger partial charge in [0.2, 0.25) is 5.91 Å². The minimum atomic E-state index is 0.0816. The second-order valence-corrected chi connectivity index (χ2v) is 5.81. The third-order valence-electron chi connectivity index (χ3n) is 4.21. The van der Waals surface area contributed by atoms with Crippen molar-refractivity contribution in [3.05, 3.63) is 0 Å². The average Bonchev–Trinajstić information content (AvgIpc) is 2.67. The van der Waals surface area contributed by atoms with Gasteiger partial charge in [-0.15, -0.1) is 0 Å². The molecule has 2 aliphatic heterocycles. The molecule has 0 aromatic rings. The van der Waals surface area contributed by atoms with Crippen molar-refractivity contribution in [3.8, 4) is 0 Å². The molecular formula is C14H27N3O. The van der Waals surface area contributed by atoms with Crippen LogP contribution < -0.4 is 5.32 Å². The number of rotatable bonds is 2. The first-order chi connectivity index (χ1) is 8.68. The number of hydrogen-bond acceptors (Lipinski definition) is 3. The monoisotopic (exact) mass is 253 g/mol. The lowest BCUT2D eigenvalue weighted by molar-refractivity contribution is -0.135. The van der Waals surface area contributed by atoms with E-state index in [2.05, 4.69) is 29.0 Å². The van der Waals surface area contributed by atoms with Gasteiger partial charge in [0.1, 0.15) is 0 Å². The number of amides is 1. The molecule has 0 aliphatic carbocycles. The minimum absolute atomic E-state index is 0.0816. The van der Waals surface area contributed by atoms with Gasteiger partial charge < -0.3 is 10.2 Å². The van der Waals surface area contributed by atoms with Crippen molar-refractivity contribution in [2.45, 2.75) is 51.6 Å². The fraction of sp³-hybridized carbons (Fsp3) is 0.929. The van der Waals surface area contributed by atoms with Crippen LogP contribution in [0.1, 0.15) is 39.5 Å². The Kier molecular flexibility index (Phi) is 5.01. The first-order valence-electron chi connectivity index (χ1n) is 7.44. The van der Waals surface area contributed by atoms with Gasteiger partial charge in [-0.1, -0.05) is 12.8 Å². The Morgan fingerprint density at radius 1 is 1.11 bits per heavy atom. The van der Waals surface area contributed by atoms with Crippen molar-refractivity contribution >= 4 is 5.91 Å². The summed E-state index contributed by atoms with van der Waals surface area (Å²) in [5.74, 6) is 0.334. The Hall–Kier alpha value is -0.610. The molecule has 1 unspecified atom stereocenters. The molecule has 1 N–H and O–H groups in total. The summed E-state index contributed by atoms with van der Waals surface area (Å²) >= 11 is 0. The summed E-state index contributed by atoms with van der Waals surface area (Å²) in [6.45, 7) is 9.30. The Bertz CT molecular complexity index is 264. The highest BCUT2D eigenvalue weighted by atomic mass is 16.2. The normalized spacial score (nSPS) is 27.3. The van der Waals surface area contributed by atoms with E-state index in [-0.39, 0.29) is 6.04 Å². The van der Waals surface area contributed by atoms with Gasteiger partial charge in [0.15, 0.2) is 0 Å². The van der Waals surface area contributed by atoms with Gasteiger partial charge in [0, 0.05) is 32.2 Å². The number of piperazine rings is 1.